The van der Waals surface area contributed by atoms with E-state index in [0.29, 0.717) is 0 Å². The molecule has 1 aliphatic carbocycles. The molecule has 1 aromatic rings. The van der Waals surface area contributed by atoms with E-state index in [9.17, 15) is 0 Å². The number of rotatable bonds is 4. The summed E-state index contributed by atoms with van der Waals surface area (Å²) in [5.41, 5.74) is 1.29. The zero-order valence-electron chi connectivity index (χ0n) is 6.92. The summed E-state index contributed by atoms with van der Waals surface area (Å²) in [6, 6.07) is 0. The Bertz CT molecular complexity index is 255. The maximum Gasteiger partial charge on any atom is 0.0959 e. The number of thiazole rings is 1. The van der Waals surface area contributed by atoms with E-state index < -0.39 is 0 Å². The average molecular weight is 246 g/mol. The molecule has 0 atom stereocenters. The molecule has 0 bridgehead atoms. The van der Waals surface area contributed by atoms with Crippen molar-refractivity contribution in [3.05, 3.63) is 16.1 Å². The van der Waals surface area contributed by atoms with Crippen LogP contribution in [0.1, 0.15) is 35.9 Å². The average Bonchev–Trinajstić information content (AvgIpc) is 2.83. The fourth-order valence-electron chi connectivity index (χ4n) is 1.20. The summed E-state index contributed by atoms with van der Waals surface area (Å²) >= 11 is 5.27. The van der Waals surface area contributed by atoms with Gasteiger partial charge in [0, 0.05) is 16.6 Å². The van der Waals surface area contributed by atoms with Gasteiger partial charge in [-0.2, -0.15) is 0 Å². The van der Waals surface area contributed by atoms with Gasteiger partial charge in [0.15, 0.2) is 0 Å². The van der Waals surface area contributed by atoms with Crippen molar-refractivity contribution >= 4 is 27.3 Å². The van der Waals surface area contributed by atoms with Crippen LogP contribution >= 0.6 is 27.3 Å². The lowest BCUT2D eigenvalue weighted by Crippen LogP contribution is -1.86. The lowest BCUT2D eigenvalue weighted by Gasteiger charge is -1.90. The first-order chi connectivity index (χ1) is 5.90. The van der Waals surface area contributed by atoms with Crippen LogP contribution in [0.15, 0.2) is 5.38 Å². The number of halogens is 1. The molecule has 1 saturated carbocycles. The maximum atomic E-state index is 4.61. The number of aromatic nitrogens is 1. The van der Waals surface area contributed by atoms with E-state index in [2.05, 4.69) is 26.3 Å². The molecule has 1 aliphatic rings. The lowest BCUT2D eigenvalue weighted by molar-refractivity contribution is 0.892. The van der Waals surface area contributed by atoms with Crippen LogP contribution in [-0.4, -0.2) is 10.3 Å². The molecule has 12 heavy (non-hydrogen) atoms. The highest BCUT2D eigenvalue weighted by Gasteiger charge is 2.26. The highest BCUT2D eigenvalue weighted by Crippen LogP contribution is 2.41. The Morgan fingerprint density at radius 2 is 2.42 bits per heavy atom. The molecular formula is C9H12BrNS. The van der Waals surface area contributed by atoms with Gasteiger partial charge in [-0.3, -0.25) is 0 Å². The second kappa shape index (κ2) is 3.88. The molecule has 66 valence electrons. The molecule has 0 spiro atoms. The van der Waals surface area contributed by atoms with Crippen LogP contribution in [0.25, 0.3) is 0 Å². The van der Waals surface area contributed by atoms with Crippen molar-refractivity contribution in [3.8, 4) is 0 Å². The smallest absolute Gasteiger partial charge is 0.0959 e. The van der Waals surface area contributed by atoms with E-state index in [1.54, 1.807) is 0 Å². The van der Waals surface area contributed by atoms with E-state index in [0.717, 1.165) is 17.7 Å². The molecule has 3 heteroatoms. The van der Waals surface area contributed by atoms with Gasteiger partial charge in [0.05, 0.1) is 10.7 Å². The van der Waals surface area contributed by atoms with Crippen molar-refractivity contribution in [2.45, 2.75) is 31.6 Å². The summed E-state index contributed by atoms with van der Waals surface area (Å²) in [6.07, 6.45) is 5.07. The molecule has 0 radical (unpaired) electrons. The minimum absolute atomic E-state index is 0.827. The van der Waals surface area contributed by atoms with Gasteiger partial charge >= 0.3 is 0 Å². The Morgan fingerprint density at radius 1 is 1.58 bits per heavy atom. The predicted molar refractivity (Wildman–Crippen MR) is 56.2 cm³/mol. The topological polar surface area (TPSA) is 12.9 Å². The Hall–Kier alpha value is 0.110. The Morgan fingerprint density at radius 3 is 3.08 bits per heavy atom. The van der Waals surface area contributed by atoms with Crippen LogP contribution < -0.4 is 0 Å². The number of alkyl halides is 1. The third-order valence-corrected chi connectivity index (χ3v) is 3.68. The number of aryl methyl sites for hydroxylation is 1. The minimum atomic E-state index is 0.827. The third kappa shape index (κ3) is 2.07. The largest absolute Gasteiger partial charge is 0.246 e. The van der Waals surface area contributed by atoms with Gasteiger partial charge in [-0.15, -0.1) is 11.3 Å². The van der Waals surface area contributed by atoms with Crippen molar-refractivity contribution in [2.24, 2.45) is 0 Å². The second-order valence-corrected chi connectivity index (χ2v) is 4.93. The minimum Gasteiger partial charge on any atom is -0.246 e. The second-order valence-electron chi connectivity index (χ2n) is 3.24. The van der Waals surface area contributed by atoms with Crippen LogP contribution in [-0.2, 0) is 6.42 Å². The highest BCUT2D eigenvalue weighted by atomic mass is 79.9. The summed E-state index contributed by atoms with van der Waals surface area (Å²) in [5.74, 6) is 0.827. The van der Waals surface area contributed by atoms with Crippen LogP contribution in [0, 0.1) is 0 Å². The number of hydrogen-bond donors (Lipinski definition) is 0. The maximum absolute atomic E-state index is 4.61. The van der Waals surface area contributed by atoms with Gasteiger partial charge in [-0.1, -0.05) is 15.9 Å². The van der Waals surface area contributed by atoms with Gasteiger partial charge in [0.1, 0.15) is 0 Å². The standard InChI is InChI=1S/C9H12BrNS/c10-5-1-2-8-6-12-9(11-8)7-3-4-7/h6-7H,1-5H2. The monoisotopic (exact) mass is 245 g/mol. The molecule has 0 N–H and O–H groups in total. The normalized spacial score (nSPS) is 16.8. The molecule has 1 heterocycles. The summed E-state index contributed by atoms with van der Waals surface area (Å²) < 4.78 is 0. The van der Waals surface area contributed by atoms with Crippen LogP contribution in [0.2, 0.25) is 0 Å². The zero-order valence-corrected chi connectivity index (χ0v) is 9.33. The Labute approximate surface area is 85.3 Å². The van der Waals surface area contributed by atoms with Gasteiger partial charge in [-0.25, -0.2) is 4.98 Å². The third-order valence-electron chi connectivity index (χ3n) is 2.06. The fraction of sp³-hybridized carbons (Fsp3) is 0.667. The van der Waals surface area contributed by atoms with Crippen LogP contribution in [0.4, 0.5) is 0 Å². The van der Waals surface area contributed by atoms with Crippen molar-refractivity contribution < 1.29 is 0 Å². The molecular weight excluding hydrogens is 234 g/mol. The van der Waals surface area contributed by atoms with Crippen LogP contribution in [0.3, 0.4) is 0 Å². The summed E-state index contributed by atoms with van der Waals surface area (Å²) in [7, 11) is 0. The van der Waals surface area contributed by atoms with E-state index in [4.69, 9.17) is 0 Å². The summed E-state index contributed by atoms with van der Waals surface area (Å²) in [4.78, 5) is 4.61. The first-order valence-corrected chi connectivity index (χ1v) is 6.40. The Kier molecular flexibility index (Phi) is 2.81. The summed E-state index contributed by atoms with van der Waals surface area (Å²) in [6.45, 7) is 0. The number of nitrogens with zero attached hydrogens (tertiary/aromatic N) is 1. The summed E-state index contributed by atoms with van der Waals surface area (Å²) in [5, 5.41) is 4.68. The quantitative estimate of drug-likeness (QED) is 0.742. The van der Waals surface area contributed by atoms with Crippen LogP contribution in [0.5, 0.6) is 0 Å². The van der Waals surface area contributed by atoms with E-state index in [1.165, 1.54) is 30.0 Å². The molecule has 1 aromatic heterocycles. The van der Waals surface area contributed by atoms with E-state index >= 15 is 0 Å². The van der Waals surface area contributed by atoms with Gasteiger partial charge in [-0.05, 0) is 25.7 Å². The van der Waals surface area contributed by atoms with Gasteiger partial charge < -0.3 is 0 Å². The van der Waals surface area contributed by atoms with Crippen molar-refractivity contribution in [1.82, 2.24) is 4.98 Å². The molecule has 0 aromatic carbocycles. The highest BCUT2D eigenvalue weighted by molar-refractivity contribution is 9.09. The molecule has 1 nitrogen and oxygen atoms in total. The molecule has 0 amide bonds. The first-order valence-electron chi connectivity index (χ1n) is 4.40. The zero-order chi connectivity index (χ0) is 8.39. The molecule has 0 saturated heterocycles. The molecule has 2 rings (SSSR count). The van der Waals surface area contributed by atoms with Gasteiger partial charge in [0.2, 0.25) is 0 Å². The molecule has 0 unspecified atom stereocenters. The van der Waals surface area contributed by atoms with E-state index in [-0.39, 0.29) is 0 Å². The van der Waals surface area contributed by atoms with Gasteiger partial charge in [0.25, 0.3) is 0 Å². The SMILES string of the molecule is BrCCCc1csc(C2CC2)n1. The first kappa shape index (κ1) is 8.70. The molecule has 1 fully saturated rings. The van der Waals surface area contributed by atoms with Crippen molar-refractivity contribution in [3.63, 3.8) is 0 Å². The van der Waals surface area contributed by atoms with Crippen molar-refractivity contribution in [2.75, 3.05) is 5.33 Å². The fourth-order valence-corrected chi connectivity index (χ4v) is 2.51. The van der Waals surface area contributed by atoms with Crippen molar-refractivity contribution in [1.29, 1.82) is 0 Å². The molecule has 0 aliphatic heterocycles. The predicted octanol–water partition coefficient (Wildman–Crippen LogP) is 3.35. The Balaban J connectivity index is 1.93. The van der Waals surface area contributed by atoms with E-state index in [1.807, 2.05) is 11.3 Å². The number of hydrogen-bond acceptors (Lipinski definition) is 2. The lowest BCUT2D eigenvalue weighted by atomic mass is 10.3.